The first-order chi connectivity index (χ1) is 7.86. The molecule has 2 heterocycles. The lowest BCUT2D eigenvalue weighted by Gasteiger charge is -2.22. The van der Waals surface area contributed by atoms with E-state index in [0.29, 0.717) is 11.8 Å². The van der Waals surface area contributed by atoms with Gasteiger partial charge in [0.1, 0.15) is 0 Å². The van der Waals surface area contributed by atoms with Crippen LogP contribution in [0.4, 0.5) is 0 Å². The van der Waals surface area contributed by atoms with Crippen LogP contribution in [-0.2, 0) is 0 Å². The molecule has 3 rings (SSSR count). The summed E-state index contributed by atoms with van der Waals surface area (Å²) in [6, 6.07) is 4.15. The Morgan fingerprint density at radius 1 is 1.31 bits per heavy atom. The minimum atomic E-state index is 0.707. The molecule has 0 amide bonds. The molecule has 1 aliphatic carbocycles. The van der Waals surface area contributed by atoms with Gasteiger partial charge in [0.05, 0.1) is 7.11 Å². The van der Waals surface area contributed by atoms with Crippen LogP contribution in [0.15, 0.2) is 18.3 Å². The van der Waals surface area contributed by atoms with Crippen molar-refractivity contribution >= 4 is 0 Å². The quantitative estimate of drug-likeness (QED) is 0.822. The molecule has 3 atom stereocenters. The third-order valence-corrected chi connectivity index (χ3v) is 4.03. The highest BCUT2D eigenvalue weighted by Gasteiger charge is 2.37. The number of nitrogens with zero attached hydrogens (tertiary/aromatic N) is 1. The van der Waals surface area contributed by atoms with E-state index in [9.17, 15) is 0 Å². The lowest BCUT2D eigenvalue weighted by Crippen LogP contribution is -2.31. The number of ether oxygens (including phenoxy) is 1. The Bertz CT molecular complexity index is 363. The number of hydrogen-bond donors (Lipinski definition) is 1. The zero-order valence-electron chi connectivity index (χ0n) is 9.65. The Labute approximate surface area is 96.2 Å². The number of methoxy groups -OCH3 is 1. The molecule has 1 saturated heterocycles. The summed E-state index contributed by atoms with van der Waals surface area (Å²) in [5.41, 5.74) is 1.39. The molecule has 2 aliphatic rings. The van der Waals surface area contributed by atoms with E-state index in [0.717, 1.165) is 11.8 Å². The molecule has 2 bridgehead atoms. The van der Waals surface area contributed by atoms with Crippen molar-refractivity contribution in [2.75, 3.05) is 20.2 Å². The molecule has 3 unspecified atom stereocenters. The number of aromatic nitrogens is 1. The molecule has 1 saturated carbocycles. The first kappa shape index (κ1) is 10.1. The minimum Gasteiger partial charge on any atom is -0.481 e. The molecule has 0 radical (unpaired) electrons. The highest BCUT2D eigenvalue weighted by Crippen LogP contribution is 2.44. The molecule has 3 heteroatoms. The molecule has 86 valence electrons. The lowest BCUT2D eigenvalue weighted by molar-refractivity contribution is 0.370. The van der Waals surface area contributed by atoms with Gasteiger partial charge in [0, 0.05) is 12.3 Å². The molecule has 0 spiro atoms. The second-order valence-electron chi connectivity index (χ2n) is 5.00. The Balaban J connectivity index is 1.81. The first-order valence-corrected chi connectivity index (χ1v) is 6.07. The van der Waals surface area contributed by atoms with Gasteiger partial charge in [-0.05, 0) is 49.2 Å². The topological polar surface area (TPSA) is 34.1 Å². The van der Waals surface area contributed by atoms with E-state index in [2.05, 4.69) is 16.4 Å². The third kappa shape index (κ3) is 1.69. The van der Waals surface area contributed by atoms with Gasteiger partial charge in [-0.15, -0.1) is 0 Å². The van der Waals surface area contributed by atoms with Gasteiger partial charge in [-0.25, -0.2) is 4.98 Å². The Kier molecular flexibility index (Phi) is 2.56. The predicted octanol–water partition coefficient (Wildman–Crippen LogP) is 1.80. The molecular formula is C13H18N2O. The van der Waals surface area contributed by atoms with Crippen LogP contribution in [0.25, 0.3) is 0 Å². The van der Waals surface area contributed by atoms with E-state index >= 15 is 0 Å². The van der Waals surface area contributed by atoms with Gasteiger partial charge in [0.2, 0.25) is 5.88 Å². The molecule has 1 aromatic heterocycles. The normalized spacial score (nSPS) is 32.7. The van der Waals surface area contributed by atoms with Crippen LogP contribution in [0.1, 0.15) is 24.3 Å². The Hall–Kier alpha value is -1.09. The molecule has 1 N–H and O–H groups in total. The standard InChI is InChI=1S/C13H18N2O/c1-16-13-3-2-10(8-15-13)12-5-9-4-11(12)7-14-6-9/h2-3,8-9,11-12,14H,4-7H2,1H3. The zero-order valence-corrected chi connectivity index (χ0v) is 9.65. The smallest absolute Gasteiger partial charge is 0.212 e. The molecule has 1 aliphatic heterocycles. The van der Waals surface area contributed by atoms with Gasteiger partial charge < -0.3 is 10.1 Å². The molecular weight excluding hydrogens is 200 g/mol. The summed E-state index contributed by atoms with van der Waals surface area (Å²) >= 11 is 0. The summed E-state index contributed by atoms with van der Waals surface area (Å²) in [6.45, 7) is 2.38. The fraction of sp³-hybridized carbons (Fsp3) is 0.615. The Morgan fingerprint density at radius 2 is 2.25 bits per heavy atom. The van der Waals surface area contributed by atoms with Crippen LogP contribution >= 0.6 is 0 Å². The maximum absolute atomic E-state index is 5.09. The third-order valence-electron chi connectivity index (χ3n) is 4.03. The van der Waals surface area contributed by atoms with E-state index in [1.165, 1.54) is 31.5 Å². The Morgan fingerprint density at radius 3 is 2.94 bits per heavy atom. The number of piperidine rings is 1. The number of fused-ring (bicyclic) bond motifs is 2. The van der Waals surface area contributed by atoms with Crippen molar-refractivity contribution in [2.24, 2.45) is 11.8 Å². The summed E-state index contributed by atoms with van der Waals surface area (Å²) in [5.74, 6) is 3.11. The van der Waals surface area contributed by atoms with Crippen LogP contribution in [0.2, 0.25) is 0 Å². The van der Waals surface area contributed by atoms with E-state index in [1.54, 1.807) is 7.11 Å². The zero-order chi connectivity index (χ0) is 11.0. The summed E-state index contributed by atoms with van der Waals surface area (Å²) in [5, 5.41) is 3.52. The maximum Gasteiger partial charge on any atom is 0.212 e. The van der Waals surface area contributed by atoms with E-state index in [4.69, 9.17) is 4.74 Å². The van der Waals surface area contributed by atoms with Crippen LogP contribution in [0.3, 0.4) is 0 Å². The average Bonchev–Trinajstić information content (AvgIpc) is 2.64. The van der Waals surface area contributed by atoms with Crippen molar-refractivity contribution < 1.29 is 4.74 Å². The second kappa shape index (κ2) is 4.06. The largest absolute Gasteiger partial charge is 0.481 e. The van der Waals surface area contributed by atoms with Crippen LogP contribution in [0, 0.1) is 11.8 Å². The van der Waals surface area contributed by atoms with Crippen molar-refractivity contribution in [2.45, 2.75) is 18.8 Å². The highest BCUT2D eigenvalue weighted by atomic mass is 16.5. The molecule has 1 aromatic rings. The monoisotopic (exact) mass is 218 g/mol. The minimum absolute atomic E-state index is 0.707. The van der Waals surface area contributed by atoms with Crippen molar-refractivity contribution in [1.82, 2.24) is 10.3 Å². The number of nitrogens with one attached hydrogen (secondary N) is 1. The fourth-order valence-electron chi connectivity index (χ4n) is 3.25. The fourth-order valence-corrected chi connectivity index (χ4v) is 3.25. The van der Waals surface area contributed by atoms with Gasteiger partial charge in [0.15, 0.2) is 0 Å². The number of pyridine rings is 1. The SMILES string of the molecule is COc1ccc(C2CC3CNCC2C3)cn1. The van der Waals surface area contributed by atoms with Crippen LogP contribution in [-0.4, -0.2) is 25.2 Å². The van der Waals surface area contributed by atoms with Crippen LogP contribution in [0.5, 0.6) is 5.88 Å². The number of rotatable bonds is 2. The summed E-state index contributed by atoms with van der Waals surface area (Å²) in [4.78, 5) is 4.31. The van der Waals surface area contributed by atoms with Crippen molar-refractivity contribution in [3.05, 3.63) is 23.9 Å². The van der Waals surface area contributed by atoms with E-state index in [1.807, 2.05) is 12.3 Å². The van der Waals surface area contributed by atoms with Gasteiger partial charge in [0.25, 0.3) is 0 Å². The summed E-state index contributed by atoms with van der Waals surface area (Å²) < 4.78 is 5.09. The lowest BCUT2D eigenvalue weighted by atomic mass is 9.90. The van der Waals surface area contributed by atoms with E-state index < -0.39 is 0 Å². The molecule has 16 heavy (non-hydrogen) atoms. The van der Waals surface area contributed by atoms with Crippen LogP contribution < -0.4 is 10.1 Å². The van der Waals surface area contributed by atoms with E-state index in [-0.39, 0.29) is 0 Å². The second-order valence-corrected chi connectivity index (χ2v) is 5.00. The van der Waals surface area contributed by atoms with Gasteiger partial charge >= 0.3 is 0 Å². The van der Waals surface area contributed by atoms with Crippen molar-refractivity contribution in [1.29, 1.82) is 0 Å². The molecule has 0 aromatic carbocycles. The first-order valence-electron chi connectivity index (χ1n) is 6.07. The number of hydrogen-bond acceptors (Lipinski definition) is 3. The highest BCUT2D eigenvalue weighted by molar-refractivity contribution is 5.23. The predicted molar refractivity (Wildman–Crippen MR) is 62.6 cm³/mol. The molecule has 3 nitrogen and oxygen atoms in total. The summed E-state index contributed by atoms with van der Waals surface area (Å²) in [7, 11) is 1.66. The summed E-state index contributed by atoms with van der Waals surface area (Å²) in [6.07, 6.45) is 4.71. The van der Waals surface area contributed by atoms with Gasteiger partial charge in [-0.2, -0.15) is 0 Å². The van der Waals surface area contributed by atoms with Crippen molar-refractivity contribution in [3.8, 4) is 5.88 Å². The van der Waals surface area contributed by atoms with Gasteiger partial charge in [-0.1, -0.05) is 6.07 Å². The molecule has 2 fully saturated rings. The van der Waals surface area contributed by atoms with Crippen molar-refractivity contribution in [3.63, 3.8) is 0 Å². The average molecular weight is 218 g/mol. The van der Waals surface area contributed by atoms with Gasteiger partial charge in [-0.3, -0.25) is 0 Å². The maximum atomic E-state index is 5.09.